The predicted molar refractivity (Wildman–Crippen MR) is 108 cm³/mol. The number of carbonyl (C=O) groups excluding carboxylic acids is 1. The third kappa shape index (κ3) is 4.60. The van der Waals surface area contributed by atoms with Gasteiger partial charge in [0.2, 0.25) is 11.7 Å². The minimum absolute atomic E-state index is 0.0200. The highest BCUT2D eigenvalue weighted by atomic mass is 35.5. The van der Waals surface area contributed by atoms with Crippen LogP contribution in [0.15, 0.2) is 53.1 Å². The molecule has 8 nitrogen and oxygen atoms in total. The Bertz CT molecular complexity index is 1020. The van der Waals surface area contributed by atoms with E-state index in [0.717, 1.165) is 6.42 Å². The first-order valence-electron chi connectivity index (χ1n) is 9.04. The molecule has 0 radical (unpaired) electrons. The van der Waals surface area contributed by atoms with Crippen molar-refractivity contribution in [2.24, 2.45) is 5.92 Å². The molecular formula is C20H19ClN4O4. The first-order valence-corrected chi connectivity index (χ1v) is 9.42. The lowest BCUT2D eigenvalue weighted by atomic mass is 9.98. The van der Waals surface area contributed by atoms with Gasteiger partial charge < -0.3 is 9.84 Å². The second kappa shape index (κ2) is 8.83. The van der Waals surface area contributed by atoms with Gasteiger partial charge in [0.15, 0.2) is 0 Å². The number of carbonyl (C=O) groups is 1. The molecule has 0 aliphatic carbocycles. The van der Waals surface area contributed by atoms with Crippen molar-refractivity contribution >= 4 is 23.2 Å². The summed E-state index contributed by atoms with van der Waals surface area (Å²) in [6, 6.07) is 12.1. The lowest BCUT2D eigenvalue weighted by Crippen LogP contribution is -2.33. The molecule has 0 saturated carbocycles. The predicted octanol–water partition coefficient (Wildman–Crippen LogP) is 4.82. The Hall–Kier alpha value is -3.26. The van der Waals surface area contributed by atoms with Crippen LogP contribution in [-0.2, 0) is 0 Å². The Kier molecular flexibility index (Phi) is 6.23. The van der Waals surface area contributed by atoms with Crippen molar-refractivity contribution in [3.05, 3.63) is 75.1 Å². The molecular weight excluding hydrogens is 396 g/mol. The van der Waals surface area contributed by atoms with Crippen LogP contribution in [0.4, 0.5) is 5.69 Å². The monoisotopic (exact) mass is 414 g/mol. The highest BCUT2D eigenvalue weighted by molar-refractivity contribution is 6.33. The number of nitrogens with zero attached hydrogens (tertiary/aromatic N) is 3. The summed E-state index contributed by atoms with van der Waals surface area (Å²) >= 11 is 6.12. The zero-order valence-corrected chi connectivity index (χ0v) is 16.6. The van der Waals surface area contributed by atoms with E-state index in [1.807, 2.05) is 13.8 Å². The quantitative estimate of drug-likeness (QED) is 0.438. The average Bonchev–Trinajstić information content (AvgIpc) is 3.21. The van der Waals surface area contributed by atoms with Gasteiger partial charge in [0.25, 0.3) is 11.6 Å². The van der Waals surface area contributed by atoms with Gasteiger partial charge in [-0.15, -0.1) is 0 Å². The molecule has 0 spiro atoms. The highest BCUT2D eigenvalue weighted by Crippen LogP contribution is 2.27. The Balaban J connectivity index is 1.85. The van der Waals surface area contributed by atoms with E-state index < -0.39 is 11.0 Å². The molecule has 1 heterocycles. The fourth-order valence-corrected chi connectivity index (χ4v) is 2.98. The summed E-state index contributed by atoms with van der Waals surface area (Å²) in [6.45, 7) is 3.96. The number of nitrogens with one attached hydrogen (secondary N) is 1. The Morgan fingerprint density at radius 2 is 1.93 bits per heavy atom. The molecule has 3 aromatic rings. The molecule has 3 rings (SSSR count). The Labute approximate surface area is 172 Å². The molecule has 0 aliphatic rings. The van der Waals surface area contributed by atoms with E-state index in [1.54, 1.807) is 36.4 Å². The Morgan fingerprint density at radius 1 is 1.24 bits per heavy atom. The minimum Gasteiger partial charge on any atom is -0.340 e. The van der Waals surface area contributed by atoms with Crippen LogP contribution in [0.5, 0.6) is 0 Å². The minimum atomic E-state index is -0.511. The summed E-state index contributed by atoms with van der Waals surface area (Å²) in [5, 5.41) is 18.0. The van der Waals surface area contributed by atoms with Gasteiger partial charge in [0.1, 0.15) is 6.04 Å². The van der Waals surface area contributed by atoms with Gasteiger partial charge in [0.05, 0.1) is 15.5 Å². The molecule has 1 aromatic heterocycles. The number of hydrogen-bond acceptors (Lipinski definition) is 6. The number of nitro benzene ring substituents is 1. The smallest absolute Gasteiger partial charge is 0.269 e. The van der Waals surface area contributed by atoms with E-state index in [0.29, 0.717) is 16.1 Å². The number of nitro groups is 1. The van der Waals surface area contributed by atoms with Gasteiger partial charge in [-0.25, -0.2) is 0 Å². The first kappa shape index (κ1) is 20.5. The van der Waals surface area contributed by atoms with Crippen molar-refractivity contribution in [2.45, 2.75) is 26.3 Å². The maximum absolute atomic E-state index is 12.7. The summed E-state index contributed by atoms with van der Waals surface area (Å²) in [4.78, 5) is 27.4. The maximum Gasteiger partial charge on any atom is 0.269 e. The topological polar surface area (TPSA) is 111 Å². The summed E-state index contributed by atoms with van der Waals surface area (Å²) in [5.41, 5.74) is 0.908. The third-order valence-electron chi connectivity index (χ3n) is 4.66. The molecule has 9 heteroatoms. The highest BCUT2D eigenvalue weighted by Gasteiger charge is 2.27. The molecule has 0 saturated heterocycles. The van der Waals surface area contributed by atoms with Gasteiger partial charge >= 0.3 is 0 Å². The number of non-ortho nitro benzene ring substituents is 1. The molecule has 150 valence electrons. The Morgan fingerprint density at radius 3 is 2.55 bits per heavy atom. The van der Waals surface area contributed by atoms with E-state index in [2.05, 4.69) is 15.5 Å². The van der Waals surface area contributed by atoms with Crippen molar-refractivity contribution in [2.75, 3.05) is 0 Å². The maximum atomic E-state index is 12.7. The number of amides is 1. The van der Waals surface area contributed by atoms with E-state index in [-0.39, 0.29) is 29.2 Å². The van der Waals surface area contributed by atoms with Crippen LogP contribution in [0, 0.1) is 16.0 Å². The molecule has 0 bridgehead atoms. The summed E-state index contributed by atoms with van der Waals surface area (Å²) in [7, 11) is 0. The van der Waals surface area contributed by atoms with Gasteiger partial charge in [-0.3, -0.25) is 14.9 Å². The van der Waals surface area contributed by atoms with Crippen LogP contribution in [0.25, 0.3) is 11.4 Å². The van der Waals surface area contributed by atoms with Crippen LogP contribution in [0.1, 0.15) is 42.6 Å². The van der Waals surface area contributed by atoms with Gasteiger partial charge in [0, 0.05) is 17.7 Å². The summed E-state index contributed by atoms with van der Waals surface area (Å²) < 4.78 is 5.41. The van der Waals surface area contributed by atoms with E-state index >= 15 is 0 Å². The van der Waals surface area contributed by atoms with Crippen molar-refractivity contribution in [3.63, 3.8) is 0 Å². The van der Waals surface area contributed by atoms with Crippen molar-refractivity contribution in [3.8, 4) is 11.4 Å². The largest absolute Gasteiger partial charge is 0.340 e. The zero-order chi connectivity index (χ0) is 21.0. The van der Waals surface area contributed by atoms with Gasteiger partial charge in [-0.05, 0) is 30.2 Å². The number of aromatic nitrogens is 2. The lowest BCUT2D eigenvalue weighted by Gasteiger charge is -2.21. The zero-order valence-electron chi connectivity index (χ0n) is 15.8. The van der Waals surface area contributed by atoms with Gasteiger partial charge in [-0.1, -0.05) is 49.2 Å². The lowest BCUT2D eigenvalue weighted by molar-refractivity contribution is -0.384. The van der Waals surface area contributed by atoms with Crippen LogP contribution < -0.4 is 5.32 Å². The second-order valence-corrected chi connectivity index (χ2v) is 6.98. The normalized spacial score (nSPS) is 12.9. The molecule has 1 N–H and O–H groups in total. The SMILES string of the molecule is CC[C@H](C)[C@H](NC(=O)c1ccccc1Cl)c1nc(-c2ccc([N+](=O)[O-])cc2)no1. The van der Waals surface area contributed by atoms with Crippen molar-refractivity contribution in [1.82, 2.24) is 15.5 Å². The molecule has 0 fully saturated rings. The van der Waals surface area contributed by atoms with E-state index in [1.165, 1.54) is 12.1 Å². The first-order chi connectivity index (χ1) is 13.9. The molecule has 29 heavy (non-hydrogen) atoms. The third-order valence-corrected chi connectivity index (χ3v) is 4.99. The summed E-state index contributed by atoms with van der Waals surface area (Å²) in [5.74, 6) is 0.228. The average molecular weight is 415 g/mol. The van der Waals surface area contributed by atoms with Crippen LogP contribution in [0.3, 0.4) is 0 Å². The molecule has 1 amide bonds. The molecule has 0 aliphatic heterocycles. The van der Waals surface area contributed by atoms with Gasteiger partial charge in [-0.2, -0.15) is 4.98 Å². The number of halogens is 1. The molecule has 2 atom stereocenters. The van der Waals surface area contributed by atoms with Crippen LogP contribution in [-0.4, -0.2) is 21.0 Å². The second-order valence-electron chi connectivity index (χ2n) is 6.58. The van der Waals surface area contributed by atoms with Crippen molar-refractivity contribution in [1.29, 1.82) is 0 Å². The number of benzene rings is 2. The fraction of sp³-hybridized carbons (Fsp3) is 0.250. The standard InChI is InChI=1S/C20H19ClN4O4/c1-3-12(2)17(22-19(26)15-6-4-5-7-16(15)21)20-23-18(24-29-20)13-8-10-14(11-9-13)25(27)28/h4-12,17H,3H2,1-2H3,(H,22,26)/t12-,17-/m0/s1. The van der Waals surface area contributed by atoms with E-state index in [9.17, 15) is 14.9 Å². The summed E-state index contributed by atoms with van der Waals surface area (Å²) in [6.07, 6.45) is 0.767. The van der Waals surface area contributed by atoms with Crippen molar-refractivity contribution < 1.29 is 14.2 Å². The number of rotatable bonds is 7. The van der Waals surface area contributed by atoms with Crippen LogP contribution >= 0.6 is 11.6 Å². The fourth-order valence-electron chi connectivity index (χ4n) is 2.76. The molecule has 0 unspecified atom stereocenters. The van der Waals surface area contributed by atoms with E-state index in [4.69, 9.17) is 16.1 Å². The van der Waals surface area contributed by atoms with Crippen LogP contribution in [0.2, 0.25) is 5.02 Å². The number of hydrogen-bond donors (Lipinski definition) is 1. The molecule has 2 aromatic carbocycles.